The summed E-state index contributed by atoms with van der Waals surface area (Å²) in [5, 5.41) is 13.1. The Hall–Kier alpha value is -1.62. The van der Waals surface area contributed by atoms with Crippen LogP contribution in [0.15, 0.2) is 36.4 Å². The van der Waals surface area contributed by atoms with Crippen molar-refractivity contribution in [3.05, 3.63) is 63.9 Å². The largest absolute Gasteiger partial charge is 0.496 e. The van der Waals surface area contributed by atoms with Crippen LogP contribution in [-0.2, 0) is 13.2 Å². The third kappa shape index (κ3) is 3.97. The minimum atomic E-state index is -0.393. The molecule has 5 heteroatoms. The summed E-state index contributed by atoms with van der Waals surface area (Å²) in [5.74, 6) is 0.371. The maximum absolute atomic E-state index is 13.4. The van der Waals surface area contributed by atoms with Gasteiger partial charge in [0.2, 0.25) is 0 Å². The highest BCUT2D eigenvalue weighted by molar-refractivity contribution is 6.30. The van der Waals surface area contributed by atoms with Crippen LogP contribution in [0.4, 0.5) is 4.39 Å². The maximum atomic E-state index is 13.4. The van der Waals surface area contributed by atoms with Crippen molar-refractivity contribution in [2.75, 3.05) is 7.11 Å². The average Bonchev–Trinajstić information content (AvgIpc) is 2.53. The number of nitrogens with one attached hydrogen (secondary N) is 1. The number of hydrogen-bond acceptors (Lipinski definition) is 3. The van der Waals surface area contributed by atoms with Crippen LogP contribution in [0.2, 0.25) is 5.02 Å². The van der Waals surface area contributed by atoms with Gasteiger partial charge in [0.15, 0.2) is 0 Å². The Morgan fingerprint density at radius 1 is 1.27 bits per heavy atom. The fraction of sp³-hybridized carbons (Fsp3) is 0.294. The summed E-state index contributed by atoms with van der Waals surface area (Å²) in [6, 6.07) is 10.2. The molecule has 0 bridgehead atoms. The molecule has 0 heterocycles. The molecule has 2 rings (SSSR count). The zero-order chi connectivity index (χ0) is 16.1. The predicted molar refractivity (Wildman–Crippen MR) is 85.6 cm³/mol. The zero-order valence-electron chi connectivity index (χ0n) is 12.6. The lowest BCUT2D eigenvalue weighted by molar-refractivity contribution is 0.275. The predicted octanol–water partition coefficient (Wildman–Crippen LogP) is 3.83. The fourth-order valence-electron chi connectivity index (χ4n) is 2.28. The lowest BCUT2D eigenvalue weighted by atomic mass is 10.1. The van der Waals surface area contributed by atoms with Crippen LogP contribution in [0.1, 0.15) is 29.7 Å². The first kappa shape index (κ1) is 16.7. The standard InChI is InChI=1S/C17H19ClFNO2/c1-11(15-8-14(18)4-6-17(15)22-2)20-9-12-3-5-16(19)13(7-12)10-21/h3-8,11,20-21H,9-10H2,1-2H3. The van der Waals surface area contributed by atoms with Crippen molar-refractivity contribution in [3.8, 4) is 5.75 Å². The molecule has 0 radical (unpaired) electrons. The first-order valence-corrected chi connectivity index (χ1v) is 7.38. The summed E-state index contributed by atoms with van der Waals surface area (Å²) in [4.78, 5) is 0. The highest BCUT2D eigenvalue weighted by Gasteiger charge is 2.12. The minimum Gasteiger partial charge on any atom is -0.496 e. The van der Waals surface area contributed by atoms with Gasteiger partial charge < -0.3 is 15.2 Å². The summed E-state index contributed by atoms with van der Waals surface area (Å²) in [6.45, 7) is 2.24. The number of halogens is 2. The van der Waals surface area contributed by atoms with Gasteiger partial charge in [-0.05, 0) is 42.8 Å². The van der Waals surface area contributed by atoms with E-state index >= 15 is 0 Å². The van der Waals surface area contributed by atoms with Crippen molar-refractivity contribution in [1.29, 1.82) is 0 Å². The SMILES string of the molecule is COc1ccc(Cl)cc1C(C)NCc1ccc(F)c(CO)c1. The van der Waals surface area contributed by atoms with Gasteiger partial charge in [-0.3, -0.25) is 0 Å². The summed E-state index contributed by atoms with van der Waals surface area (Å²) < 4.78 is 18.7. The Labute approximate surface area is 134 Å². The third-order valence-electron chi connectivity index (χ3n) is 3.55. The monoisotopic (exact) mass is 323 g/mol. The summed E-state index contributed by atoms with van der Waals surface area (Å²) in [6.07, 6.45) is 0. The van der Waals surface area contributed by atoms with Crippen LogP contribution in [-0.4, -0.2) is 12.2 Å². The second-order valence-electron chi connectivity index (χ2n) is 5.07. The van der Waals surface area contributed by atoms with E-state index in [2.05, 4.69) is 5.32 Å². The first-order valence-electron chi connectivity index (χ1n) is 7.00. The maximum Gasteiger partial charge on any atom is 0.128 e. The smallest absolute Gasteiger partial charge is 0.128 e. The molecule has 1 atom stereocenters. The van der Waals surface area contributed by atoms with Gasteiger partial charge in [-0.2, -0.15) is 0 Å². The Morgan fingerprint density at radius 2 is 2.05 bits per heavy atom. The van der Waals surface area contributed by atoms with Gasteiger partial charge >= 0.3 is 0 Å². The number of benzene rings is 2. The van der Waals surface area contributed by atoms with E-state index in [0.717, 1.165) is 16.9 Å². The van der Waals surface area contributed by atoms with Gasteiger partial charge in [-0.25, -0.2) is 4.39 Å². The van der Waals surface area contributed by atoms with E-state index in [-0.39, 0.29) is 12.6 Å². The molecule has 0 aliphatic carbocycles. The lowest BCUT2D eigenvalue weighted by Gasteiger charge is -2.18. The van der Waals surface area contributed by atoms with E-state index in [1.54, 1.807) is 25.3 Å². The summed E-state index contributed by atoms with van der Waals surface area (Å²) in [7, 11) is 1.62. The van der Waals surface area contributed by atoms with Gasteiger partial charge in [-0.1, -0.05) is 17.7 Å². The molecule has 22 heavy (non-hydrogen) atoms. The Morgan fingerprint density at radius 3 is 2.73 bits per heavy atom. The molecule has 0 saturated carbocycles. The molecule has 1 unspecified atom stereocenters. The molecular weight excluding hydrogens is 305 g/mol. The van der Waals surface area contributed by atoms with Crippen LogP contribution in [0, 0.1) is 5.82 Å². The van der Waals surface area contributed by atoms with Crippen LogP contribution >= 0.6 is 11.6 Å². The van der Waals surface area contributed by atoms with Gasteiger partial charge in [0.05, 0.1) is 13.7 Å². The van der Waals surface area contributed by atoms with Crippen molar-refractivity contribution in [3.63, 3.8) is 0 Å². The van der Waals surface area contributed by atoms with Crippen molar-refractivity contribution >= 4 is 11.6 Å². The van der Waals surface area contributed by atoms with Gasteiger partial charge in [0.1, 0.15) is 11.6 Å². The van der Waals surface area contributed by atoms with Crippen molar-refractivity contribution in [2.45, 2.75) is 26.1 Å². The Balaban J connectivity index is 2.10. The Kier molecular flexibility index (Phi) is 5.77. The van der Waals surface area contributed by atoms with E-state index in [1.807, 2.05) is 19.1 Å². The Bertz CT molecular complexity index is 649. The molecule has 2 aromatic rings. The lowest BCUT2D eigenvalue weighted by Crippen LogP contribution is -2.19. The molecule has 0 saturated heterocycles. The van der Waals surface area contributed by atoms with Crippen LogP contribution in [0.5, 0.6) is 5.75 Å². The van der Waals surface area contributed by atoms with Crippen molar-refractivity contribution in [2.24, 2.45) is 0 Å². The minimum absolute atomic E-state index is 0.0104. The second kappa shape index (κ2) is 7.58. The van der Waals surface area contributed by atoms with E-state index < -0.39 is 5.82 Å². The molecule has 0 aromatic heterocycles. The van der Waals surface area contributed by atoms with Gasteiger partial charge in [0, 0.05) is 28.7 Å². The third-order valence-corrected chi connectivity index (χ3v) is 3.79. The first-order chi connectivity index (χ1) is 10.5. The second-order valence-corrected chi connectivity index (χ2v) is 5.51. The number of methoxy groups -OCH3 is 1. The topological polar surface area (TPSA) is 41.5 Å². The van der Waals surface area contributed by atoms with Crippen molar-refractivity contribution < 1.29 is 14.2 Å². The molecule has 2 aromatic carbocycles. The van der Waals surface area contributed by atoms with E-state index in [0.29, 0.717) is 17.1 Å². The summed E-state index contributed by atoms with van der Waals surface area (Å²) >= 11 is 6.04. The molecule has 3 nitrogen and oxygen atoms in total. The van der Waals surface area contributed by atoms with E-state index in [9.17, 15) is 4.39 Å². The molecule has 2 N–H and O–H groups in total. The van der Waals surface area contributed by atoms with Crippen LogP contribution < -0.4 is 10.1 Å². The molecule has 0 aliphatic heterocycles. The average molecular weight is 324 g/mol. The van der Waals surface area contributed by atoms with Gasteiger partial charge in [-0.15, -0.1) is 0 Å². The van der Waals surface area contributed by atoms with E-state index in [1.165, 1.54) is 6.07 Å². The van der Waals surface area contributed by atoms with Gasteiger partial charge in [0.25, 0.3) is 0 Å². The van der Waals surface area contributed by atoms with E-state index in [4.69, 9.17) is 21.4 Å². The number of ether oxygens (including phenoxy) is 1. The summed E-state index contributed by atoms with van der Waals surface area (Å²) in [5.41, 5.74) is 2.16. The zero-order valence-corrected chi connectivity index (χ0v) is 13.3. The number of rotatable bonds is 6. The molecule has 0 fully saturated rings. The molecule has 0 aliphatic rings. The molecule has 0 amide bonds. The van der Waals surface area contributed by atoms with Crippen LogP contribution in [0.25, 0.3) is 0 Å². The number of aliphatic hydroxyl groups excluding tert-OH is 1. The number of aliphatic hydroxyl groups is 1. The highest BCUT2D eigenvalue weighted by atomic mass is 35.5. The fourth-order valence-corrected chi connectivity index (χ4v) is 2.46. The van der Waals surface area contributed by atoms with Crippen LogP contribution in [0.3, 0.4) is 0 Å². The molecular formula is C17H19ClFNO2. The quantitative estimate of drug-likeness (QED) is 0.849. The number of hydrogen-bond donors (Lipinski definition) is 2. The highest BCUT2D eigenvalue weighted by Crippen LogP contribution is 2.28. The molecule has 118 valence electrons. The normalized spacial score (nSPS) is 12.2. The van der Waals surface area contributed by atoms with Crippen molar-refractivity contribution in [1.82, 2.24) is 5.32 Å². The molecule has 0 spiro atoms.